The van der Waals surface area contributed by atoms with Gasteiger partial charge >= 0.3 is 21.1 Å². The minimum absolute atomic E-state index is 0. The van der Waals surface area contributed by atoms with Crippen molar-refractivity contribution in [1.29, 1.82) is 0 Å². The number of hydrogen-bond donors (Lipinski definition) is 0. The van der Waals surface area contributed by atoms with Crippen LogP contribution in [-0.2, 0) is 21.1 Å². The summed E-state index contributed by atoms with van der Waals surface area (Å²) in [5, 5.41) is 0.818. The molecule has 8 aromatic rings. The van der Waals surface area contributed by atoms with Gasteiger partial charge in [0, 0.05) is 57.4 Å². The standard InChI is InChI=1S/C46H28F4N4S.Pt/c47-31-21-23-39(41(49)25-31)43-27-37(53(33-13-5-1-6-14-33)34-15-7-2-8-16-34)29-45(51-43)55-46-30-38(28-44(52-46)40-24-22-32(48)26-42(40)50)54(35-17-9-3-10-18-35)36-19-11-4-12-20-36;/h1-22,25-30H;/q-2;+2. The van der Waals surface area contributed by atoms with Crippen LogP contribution in [-0.4, -0.2) is 9.97 Å². The molecule has 2 heterocycles. The Kier molecular flexibility index (Phi) is 11.7. The van der Waals surface area contributed by atoms with Gasteiger partial charge in [-0.2, -0.15) is 0 Å². The fourth-order valence-corrected chi connectivity index (χ4v) is 7.06. The Morgan fingerprint density at radius 1 is 0.411 bits per heavy atom. The van der Waals surface area contributed by atoms with Crippen molar-refractivity contribution in [2.75, 3.05) is 9.80 Å². The molecule has 8 rings (SSSR count). The molecule has 0 saturated carbocycles. The molecule has 2 aromatic heterocycles. The van der Waals surface area contributed by atoms with Gasteiger partial charge < -0.3 is 9.80 Å². The van der Waals surface area contributed by atoms with Crippen LogP contribution in [0.4, 0.5) is 51.7 Å². The van der Waals surface area contributed by atoms with Crippen LogP contribution in [0.2, 0.25) is 0 Å². The second kappa shape index (κ2) is 17.2. The third-order valence-electron chi connectivity index (χ3n) is 8.58. The number of aromatic nitrogens is 2. The first-order valence-corrected chi connectivity index (χ1v) is 18.0. The maximum absolute atomic E-state index is 15.4. The van der Waals surface area contributed by atoms with E-state index in [2.05, 4.69) is 12.1 Å². The molecule has 0 amide bonds. The van der Waals surface area contributed by atoms with Crippen molar-refractivity contribution in [3.8, 4) is 22.5 Å². The van der Waals surface area contributed by atoms with E-state index in [0.29, 0.717) is 21.4 Å². The molecule has 0 bridgehead atoms. The van der Waals surface area contributed by atoms with Crippen LogP contribution in [0, 0.1) is 35.4 Å². The van der Waals surface area contributed by atoms with E-state index in [0.717, 1.165) is 47.0 Å². The Morgan fingerprint density at radius 3 is 1.04 bits per heavy atom. The van der Waals surface area contributed by atoms with Gasteiger partial charge in [0.15, 0.2) is 0 Å². The molecule has 6 aromatic carbocycles. The predicted octanol–water partition coefficient (Wildman–Crippen LogP) is 13.1. The number of anilines is 6. The first-order chi connectivity index (χ1) is 26.9. The molecule has 10 heteroatoms. The van der Waals surface area contributed by atoms with Crippen LogP contribution in [0.5, 0.6) is 0 Å². The fourth-order valence-electron chi connectivity index (χ4n) is 6.19. The van der Waals surface area contributed by atoms with E-state index < -0.39 is 23.3 Å². The van der Waals surface area contributed by atoms with Gasteiger partial charge in [-0.15, -0.1) is 24.3 Å². The molecule has 0 atom stereocenters. The summed E-state index contributed by atoms with van der Waals surface area (Å²) in [7, 11) is 0. The average Bonchev–Trinajstić information content (AvgIpc) is 3.20. The van der Waals surface area contributed by atoms with Crippen molar-refractivity contribution in [2.24, 2.45) is 0 Å². The third-order valence-corrected chi connectivity index (χ3v) is 9.42. The fraction of sp³-hybridized carbons (Fsp3) is 0. The van der Waals surface area contributed by atoms with Crippen molar-refractivity contribution >= 4 is 45.9 Å². The van der Waals surface area contributed by atoms with E-state index in [4.69, 9.17) is 9.97 Å². The topological polar surface area (TPSA) is 32.3 Å². The minimum atomic E-state index is -0.822. The van der Waals surface area contributed by atoms with Gasteiger partial charge in [-0.1, -0.05) is 120 Å². The predicted molar refractivity (Wildman–Crippen MR) is 210 cm³/mol. The van der Waals surface area contributed by atoms with Gasteiger partial charge in [-0.3, -0.25) is 27.5 Å². The minimum Gasteiger partial charge on any atom is -0.311 e. The summed E-state index contributed by atoms with van der Waals surface area (Å²) in [6.45, 7) is 0. The number of halogens is 4. The number of rotatable bonds is 10. The molecule has 0 N–H and O–H groups in total. The van der Waals surface area contributed by atoms with Gasteiger partial charge in [0.25, 0.3) is 0 Å². The molecule has 4 nitrogen and oxygen atoms in total. The van der Waals surface area contributed by atoms with Gasteiger partial charge in [0.2, 0.25) is 0 Å². The zero-order chi connectivity index (χ0) is 37.7. The van der Waals surface area contributed by atoms with E-state index in [-0.39, 0.29) is 43.6 Å². The van der Waals surface area contributed by atoms with Crippen LogP contribution >= 0.6 is 11.8 Å². The van der Waals surface area contributed by atoms with E-state index in [9.17, 15) is 8.78 Å². The monoisotopic (exact) mass is 939 g/mol. The molecule has 0 aliphatic carbocycles. The maximum Gasteiger partial charge on any atom is 2.00 e. The Bertz CT molecular complexity index is 2330. The Balaban J connectivity index is 0.00000480. The van der Waals surface area contributed by atoms with E-state index in [1.807, 2.05) is 143 Å². The molecule has 0 fully saturated rings. The van der Waals surface area contributed by atoms with E-state index in [1.54, 1.807) is 12.1 Å². The summed E-state index contributed by atoms with van der Waals surface area (Å²) in [6, 6.07) is 55.0. The van der Waals surface area contributed by atoms with Crippen molar-refractivity contribution in [3.05, 3.63) is 205 Å². The number of para-hydroxylation sites is 4. The molecular weight excluding hydrogens is 912 g/mol. The van der Waals surface area contributed by atoms with Crippen molar-refractivity contribution in [2.45, 2.75) is 10.1 Å². The van der Waals surface area contributed by atoms with E-state index in [1.165, 1.54) is 11.8 Å². The zero-order valence-electron chi connectivity index (χ0n) is 29.2. The summed E-state index contributed by atoms with van der Waals surface area (Å²) >= 11 is 1.17. The summed E-state index contributed by atoms with van der Waals surface area (Å²) in [5.74, 6) is -3.17. The molecule has 0 saturated heterocycles. The smallest absolute Gasteiger partial charge is 0.311 e. The largest absolute Gasteiger partial charge is 2.00 e. The van der Waals surface area contributed by atoms with Crippen LogP contribution in [0.1, 0.15) is 0 Å². The summed E-state index contributed by atoms with van der Waals surface area (Å²) in [6.07, 6.45) is 0. The molecule has 0 radical (unpaired) electrons. The molecule has 0 unspecified atom stereocenters. The van der Waals surface area contributed by atoms with Crippen molar-refractivity contribution in [1.82, 2.24) is 9.97 Å². The van der Waals surface area contributed by atoms with Crippen LogP contribution in [0.3, 0.4) is 0 Å². The average molecular weight is 940 g/mol. The first-order valence-electron chi connectivity index (χ1n) is 17.2. The van der Waals surface area contributed by atoms with Crippen LogP contribution in [0.25, 0.3) is 22.5 Å². The maximum atomic E-state index is 15.4. The molecule has 0 spiro atoms. The van der Waals surface area contributed by atoms with Gasteiger partial charge in [0.1, 0.15) is 0 Å². The molecular formula is C46H28F4N4PtS. The molecule has 0 aliphatic rings. The summed E-state index contributed by atoms with van der Waals surface area (Å²) in [5.41, 5.74) is 4.96. The first kappa shape index (κ1) is 38.3. The number of benzene rings is 6. The summed E-state index contributed by atoms with van der Waals surface area (Å²) in [4.78, 5) is 13.7. The summed E-state index contributed by atoms with van der Waals surface area (Å²) < 4.78 is 59.0. The normalized spacial score (nSPS) is 10.8. The SMILES string of the molecule is Fc1c[c-]c(-c2cc(N(c3ccccc3)c3ccccc3)cc(Sc3cc(N(c4ccccc4)c4ccccc4)cc(-c4[c-]cc(F)cc4F)n3)n2)c(F)c1.[Pt+2]. The second-order valence-electron chi connectivity index (χ2n) is 12.3. The Morgan fingerprint density at radius 2 is 0.732 bits per heavy atom. The third kappa shape index (κ3) is 8.44. The van der Waals surface area contributed by atoms with Crippen LogP contribution in [0.15, 0.2) is 180 Å². The van der Waals surface area contributed by atoms with Gasteiger partial charge in [-0.25, -0.2) is 0 Å². The van der Waals surface area contributed by atoms with Crippen LogP contribution < -0.4 is 9.80 Å². The molecule has 0 aliphatic heterocycles. The Labute approximate surface area is 340 Å². The van der Waals surface area contributed by atoms with E-state index >= 15 is 8.78 Å². The quantitative estimate of drug-likeness (QED) is 0.101. The zero-order valence-corrected chi connectivity index (χ0v) is 32.3. The number of pyridine rings is 2. The van der Waals surface area contributed by atoms with Crippen molar-refractivity contribution < 1.29 is 38.6 Å². The van der Waals surface area contributed by atoms with Crippen molar-refractivity contribution in [3.63, 3.8) is 0 Å². The van der Waals surface area contributed by atoms with Gasteiger partial charge in [-0.05, 0) is 72.1 Å². The molecule has 276 valence electrons. The number of nitrogens with zero attached hydrogens (tertiary/aromatic N) is 4. The Hall–Kier alpha value is -6.02. The molecule has 56 heavy (non-hydrogen) atoms. The van der Waals surface area contributed by atoms with Gasteiger partial charge in [0.05, 0.1) is 10.1 Å². The second-order valence-corrected chi connectivity index (χ2v) is 13.3. The number of hydrogen-bond acceptors (Lipinski definition) is 5.